The number of aromatic nitrogens is 4. The van der Waals surface area contributed by atoms with E-state index in [1.807, 2.05) is 13.8 Å². The van der Waals surface area contributed by atoms with Crippen LogP contribution in [0.15, 0.2) is 16.9 Å². The first-order valence-corrected chi connectivity index (χ1v) is 6.55. The average molecular weight is 271 g/mol. The highest BCUT2D eigenvalue weighted by Gasteiger charge is 2.26. The molecule has 0 saturated heterocycles. The van der Waals surface area contributed by atoms with E-state index in [1.165, 1.54) is 0 Å². The van der Waals surface area contributed by atoms with Crippen molar-refractivity contribution in [1.82, 2.24) is 20.1 Å². The molecule has 0 amide bonds. The van der Waals surface area contributed by atoms with Gasteiger partial charge in [0.2, 0.25) is 17.5 Å². The minimum Gasteiger partial charge on any atom is -0.339 e. The molecule has 0 spiro atoms. The lowest BCUT2D eigenvalue weighted by Gasteiger charge is -2.22. The van der Waals surface area contributed by atoms with Crippen LogP contribution in [0.25, 0.3) is 11.6 Å². The standard InChI is InChI=1S/C14H17N5O/c1-4-14(3,5-6-15)7-11-18-13(19-20-11)12-16-8-10(2)9-17-12/h8-9H,4-5,7H2,1-3H3. The summed E-state index contributed by atoms with van der Waals surface area (Å²) in [5.74, 6) is 1.35. The summed E-state index contributed by atoms with van der Waals surface area (Å²) in [6.45, 7) is 6.01. The van der Waals surface area contributed by atoms with Crippen LogP contribution >= 0.6 is 0 Å². The maximum absolute atomic E-state index is 8.88. The monoisotopic (exact) mass is 271 g/mol. The first-order valence-electron chi connectivity index (χ1n) is 6.55. The normalized spacial score (nSPS) is 13.7. The fourth-order valence-electron chi connectivity index (χ4n) is 1.79. The van der Waals surface area contributed by atoms with Crippen LogP contribution < -0.4 is 0 Å². The molecular formula is C14H17N5O. The van der Waals surface area contributed by atoms with Crippen molar-refractivity contribution in [2.24, 2.45) is 5.41 Å². The summed E-state index contributed by atoms with van der Waals surface area (Å²) in [5.41, 5.74) is 0.831. The molecule has 104 valence electrons. The lowest BCUT2D eigenvalue weighted by molar-refractivity contribution is 0.266. The highest BCUT2D eigenvalue weighted by atomic mass is 16.5. The van der Waals surface area contributed by atoms with Gasteiger partial charge in [-0.15, -0.1) is 0 Å². The molecule has 0 aliphatic heterocycles. The second kappa shape index (κ2) is 5.78. The van der Waals surface area contributed by atoms with Gasteiger partial charge in [0.1, 0.15) is 0 Å². The van der Waals surface area contributed by atoms with E-state index in [2.05, 4.69) is 33.1 Å². The third-order valence-electron chi connectivity index (χ3n) is 3.39. The molecule has 20 heavy (non-hydrogen) atoms. The molecule has 6 heteroatoms. The summed E-state index contributed by atoms with van der Waals surface area (Å²) < 4.78 is 5.24. The summed E-state index contributed by atoms with van der Waals surface area (Å²) in [6, 6.07) is 2.21. The van der Waals surface area contributed by atoms with Gasteiger partial charge in [-0.1, -0.05) is 19.0 Å². The molecule has 2 aromatic rings. The molecule has 0 fully saturated rings. The molecule has 2 aromatic heterocycles. The van der Waals surface area contributed by atoms with Crippen LogP contribution in [0, 0.1) is 23.7 Å². The molecule has 2 heterocycles. The Bertz CT molecular complexity index is 613. The van der Waals surface area contributed by atoms with Gasteiger partial charge in [-0.2, -0.15) is 10.2 Å². The third kappa shape index (κ3) is 3.18. The van der Waals surface area contributed by atoms with E-state index in [0.29, 0.717) is 30.4 Å². The van der Waals surface area contributed by atoms with Gasteiger partial charge >= 0.3 is 0 Å². The molecule has 2 rings (SSSR count). The van der Waals surface area contributed by atoms with E-state index in [9.17, 15) is 0 Å². The van der Waals surface area contributed by atoms with E-state index >= 15 is 0 Å². The highest BCUT2D eigenvalue weighted by molar-refractivity contribution is 5.40. The van der Waals surface area contributed by atoms with Gasteiger partial charge in [-0.25, -0.2) is 9.97 Å². The Morgan fingerprint density at radius 3 is 2.60 bits per heavy atom. The van der Waals surface area contributed by atoms with E-state index in [-0.39, 0.29) is 5.41 Å². The lowest BCUT2D eigenvalue weighted by atomic mass is 9.81. The summed E-state index contributed by atoms with van der Waals surface area (Å²) in [7, 11) is 0. The van der Waals surface area contributed by atoms with Crippen LogP contribution in [0.2, 0.25) is 0 Å². The summed E-state index contributed by atoms with van der Waals surface area (Å²) in [6.07, 6.45) is 5.34. The molecule has 0 aliphatic rings. The minimum atomic E-state index is -0.146. The maximum atomic E-state index is 8.88. The number of aryl methyl sites for hydroxylation is 1. The zero-order valence-corrected chi connectivity index (χ0v) is 11.9. The predicted octanol–water partition coefficient (Wildman–Crippen LogP) is 2.71. The second-order valence-electron chi connectivity index (χ2n) is 5.27. The first-order chi connectivity index (χ1) is 9.56. The molecule has 0 aliphatic carbocycles. The number of hydrogen-bond donors (Lipinski definition) is 0. The van der Waals surface area contributed by atoms with Crippen molar-refractivity contribution >= 4 is 0 Å². The summed E-state index contributed by atoms with van der Waals surface area (Å²) in [5, 5.41) is 12.8. The number of nitriles is 1. The van der Waals surface area contributed by atoms with Gasteiger partial charge in [0.15, 0.2) is 0 Å². The smallest absolute Gasteiger partial charge is 0.240 e. The molecule has 0 aromatic carbocycles. The molecule has 1 atom stereocenters. The largest absolute Gasteiger partial charge is 0.339 e. The minimum absolute atomic E-state index is 0.146. The molecule has 1 unspecified atom stereocenters. The second-order valence-corrected chi connectivity index (χ2v) is 5.27. The number of nitrogens with zero attached hydrogens (tertiary/aromatic N) is 5. The van der Waals surface area contributed by atoms with Crippen LogP contribution in [-0.2, 0) is 6.42 Å². The van der Waals surface area contributed by atoms with Crippen molar-refractivity contribution in [2.45, 2.75) is 40.0 Å². The van der Waals surface area contributed by atoms with Crippen molar-refractivity contribution in [3.05, 3.63) is 23.8 Å². The quantitative estimate of drug-likeness (QED) is 0.830. The van der Waals surface area contributed by atoms with E-state index < -0.39 is 0 Å². The van der Waals surface area contributed by atoms with Gasteiger partial charge < -0.3 is 4.52 Å². The molecule has 6 nitrogen and oxygen atoms in total. The molecule has 0 saturated carbocycles. The molecule has 0 radical (unpaired) electrons. The first kappa shape index (κ1) is 14.1. The summed E-state index contributed by atoms with van der Waals surface area (Å²) in [4.78, 5) is 12.6. The fraction of sp³-hybridized carbons (Fsp3) is 0.500. The van der Waals surface area contributed by atoms with E-state index in [1.54, 1.807) is 12.4 Å². The van der Waals surface area contributed by atoms with Gasteiger partial charge in [-0.05, 0) is 24.3 Å². The van der Waals surface area contributed by atoms with Crippen LogP contribution in [0.5, 0.6) is 0 Å². The van der Waals surface area contributed by atoms with Gasteiger partial charge in [0, 0.05) is 25.2 Å². The number of rotatable bonds is 5. The number of hydrogen-bond acceptors (Lipinski definition) is 6. The average Bonchev–Trinajstić information content (AvgIpc) is 2.88. The zero-order valence-electron chi connectivity index (χ0n) is 11.9. The van der Waals surface area contributed by atoms with Crippen LogP contribution in [0.1, 0.15) is 38.1 Å². The van der Waals surface area contributed by atoms with Gasteiger partial charge in [-0.3, -0.25) is 0 Å². The Kier molecular flexibility index (Phi) is 4.08. The Morgan fingerprint density at radius 2 is 2.00 bits per heavy atom. The van der Waals surface area contributed by atoms with Gasteiger partial charge in [0.25, 0.3) is 0 Å². The van der Waals surface area contributed by atoms with Crippen molar-refractivity contribution in [2.75, 3.05) is 0 Å². The van der Waals surface area contributed by atoms with Gasteiger partial charge in [0.05, 0.1) is 6.07 Å². The SMILES string of the molecule is CCC(C)(CC#N)Cc1nc(-c2ncc(C)cn2)no1. The van der Waals surface area contributed by atoms with Crippen molar-refractivity contribution in [1.29, 1.82) is 5.26 Å². The molecular weight excluding hydrogens is 254 g/mol. The van der Waals surface area contributed by atoms with E-state index in [0.717, 1.165) is 12.0 Å². The van der Waals surface area contributed by atoms with Crippen molar-refractivity contribution < 1.29 is 4.52 Å². The fourth-order valence-corrected chi connectivity index (χ4v) is 1.79. The Morgan fingerprint density at radius 1 is 1.30 bits per heavy atom. The Hall–Kier alpha value is -2.29. The Labute approximate surface area is 117 Å². The Balaban J connectivity index is 2.17. The van der Waals surface area contributed by atoms with Crippen molar-refractivity contribution in [3.63, 3.8) is 0 Å². The molecule has 0 bridgehead atoms. The van der Waals surface area contributed by atoms with Crippen LogP contribution in [0.4, 0.5) is 0 Å². The lowest BCUT2D eigenvalue weighted by Crippen LogP contribution is -2.18. The van der Waals surface area contributed by atoms with E-state index in [4.69, 9.17) is 9.78 Å². The van der Waals surface area contributed by atoms with Crippen LogP contribution in [-0.4, -0.2) is 20.1 Å². The molecule has 0 N–H and O–H groups in total. The predicted molar refractivity (Wildman–Crippen MR) is 72.4 cm³/mol. The zero-order chi connectivity index (χ0) is 14.6. The van der Waals surface area contributed by atoms with Crippen molar-refractivity contribution in [3.8, 4) is 17.7 Å². The summed E-state index contributed by atoms with van der Waals surface area (Å²) >= 11 is 0. The maximum Gasteiger partial charge on any atom is 0.240 e. The topological polar surface area (TPSA) is 88.5 Å². The van der Waals surface area contributed by atoms with Crippen LogP contribution in [0.3, 0.4) is 0 Å². The third-order valence-corrected chi connectivity index (χ3v) is 3.39. The highest BCUT2D eigenvalue weighted by Crippen LogP contribution is 2.29.